The molecule has 17 heavy (non-hydrogen) atoms. The van der Waals surface area contributed by atoms with Gasteiger partial charge in [-0.3, -0.25) is 4.79 Å². The van der Waals surface area contributed by atoms with Gasteiger partial charge in [0.25, 0.3) is 0 Å². The highest BCUT2D eigenvalue weighted by atomic mass is 16.1. The third kappa shape index (κ3) is 7.57. The molecule has 1 fully saturated rings. The highest BCUT2D eigenvalue weighted by Gasteiger charge is 2.25. The van der Waals surface area contributed by atoms with Crippen LogP contribution < -0.4 is 0 Å². The van der Waals surface area contributed by atoms with Crippen molar-refractivity contribution in [3.8, 4) is 0 Å². The van der Waals surface area contributed by atoms with E-state index < -0.39 is 0 Å². The molecule has 1 saturated carbocycles. The Morgan fingerprint density at radius 2 is 1.29 bits per heavy atom. The van der Waals surface area contributed by atoms with Crippen LogP contribution in [0.25, 0.3) is 0 Å². The molecule has 1 aliphatic rings. The Bertz CT molecular complexity index is 190. The molecule has 0 N–H and O–H groups in total. The third-order valence-corrected chi connectivity index (χ3v) is 4.00. The topological polar surface area (TPSA) is 17.1 Å². The summed E-state index contributed by atoms with van der Waals surface area (Å²) in [4.78, 5) is 10.8. The minimum Gasteiger partial charge on any atom is -0.300 e. The molecule has 0 atom stereocenters. The lowest BCUT2D eigenvalue weighted by Gasteiger charge is -2.23. The predicted octanol–water partition coefficient (Wildman–Crippen LogP) is 5.28. The van der Waals surface area contributed by atoms with Crippen LogP contribution in [0.1, 0.15) is 90.4 Å². The van der Waals surface area contributed by atoms with Crippen LogP contribution in [0.5, 0.6) is 0 Å². The Hall–Kier alpha value is -0.330. The maximum atomic E-state index is 10.8. The Labute approximate surface area is 107 Å². The summed E-state index contributed by atoms with van der Waals surface area (Å²) in [5.74, 6) is 1.25. The van der Waals surface area contributed by atoms with Crippen molar-refractivity contribution < 1.29 is 4.79 Å². The van der Waals surface area contributed by atoms with Crippen molar-refractivity contribution in [2.45, 2.75) is 90.4 Å². The zero-order valence-corrected chi connectivity index (χ0v) is 11.7. The van der Waals surface area contributed by atoms with Crippen LogP contribution in [0.15, 0.2) is 0 Å². The van der Waals surface area contributed by atoms with Gasteiger partial charge < -0.3 is 0 Å². The molecule has 1 heteroatoms. The standard InChI is InChI=1S/C16H30O/c1-2-3-4-5-6-7-8-9-10-11-12-15-13-16(17)14-15/h15H,2-14H2,1H3. The molecule has 0 saturated heterocycles. The predicted molar refractivity (Wildman–Crippen MR) is 74.2 cm³/mol. The molecule has 0 amide bonds. The number of unbranched alkanes of at least 4 members (excludes halogenated alkanes) is 9. The summed E-state index contributed by atoms with van der Waals surface area (Å²) in [5.41, 5.74) is 0. The number of Topliss-reactive ketones (excluding diaryl/α,β-unsaturated/α-hetero) is 1. The molecule has 0 spiro atoms. The Morgan fingerprint density at radius 3 is 1.76 bits per heavy atom. The molecular weight excluding hydrogens is 208 g/mol. The van der Waals surface area contributed by atoms with E-state index in [4.69, 9.17) is 0 Å². The second-order valence-corrected chi connectivity index (χ2v) is 5.78. The van der Waals surface area contributed by atoms with Crippen molar-refractivity contribution in [1.29, 1.82) is 0 Å². The van der Waals surface area contributed by atoms with Gasteiger partial charge in [-0.2, -0.15) is 0 Å². The number of carbonyl (C=O) groups is 1. The van der Waals surface area contributed by atoms with Crippen LogP contribution in [0.4, 0.5) is 0 Å². The van der Waals surface area contributed by atoms with Gasteiger partial charge >= 0.3 is 0 Å². The summed E-state index contributed by atoms with van der Waals surface area (Å²) >= 11 is 0. The molecule has 1 nitrogen and oxygen atoms in total. The van der Waals surface area contributed by atoms with Gasteiger partial charge in [0.15, 0.2) is 0 Å². The first-order chi connectivity index (χ1) is 8.33. The minimum atomic E-state index is 0.488. The number of rotatable bonds is 11. The van der Waals surface area contributed by atoms with Crippen molar-refractivity contribution in [3.63, 3.8) is 0 Å². The average Bonchev–Trinajstić information content (AvgIpc) is 2.29. The van der Waals surface area contributed by atoms with E-state index in [0.717, 1.165) is 18.8 Å². The van der Waals surface area contributed by atoms with Crippen molar-refractivity contribution in [3.05, 3.63) is 0 Å². The number of carbonyl (C=O) groups excluding carboxylic acids is 1. The van der Waals surface area contributed by atoms with E-state index in [9.17, 15) is 4.79 Å². The SMILES string of the molecule is CCCCCCCCCCCCC1CC(=O)C1. The van der Waals surface area contributed by atoms with Gasteiger partial charge in [0.1, 0.15) is 5.78 Å². The first-order valence-electron chi connectivity index (χ1n) is 7.84. The van der Waals surface area contributed by atoms with Gasteiger partial charge in [0, 0.05) is 12.8 Å². The van der Waals surface area contributed by atoms with Crippen LogP contribution in [0, 0.1) is 5.92 Å². The molecule has 1 aliphatic carbocycles. The van der Waals surface area contributed by atoms with Gasteiger partial charge in [-0.25, -0.2) is 0 Å². The molecular formula is C16H30O. The zero-order chi connectivity index (χ0) is 12.3. The fourth-order valence-corrected chi connectivity index (χ4v) is 2.71. The summed E-state index contributed by atoms with van der Waals surface area (Å²) < 4.78 is 0. The lowest BCUT2D eigenvalue weighted by Crippen LogP contribution is -2.22. The molecule has 0 radical (unpaired) electrons. The van der Waals surface area contributed by atoms with E-state index in [1.807, 2.05) is 0 Å². The second-order valence-electron chi connectivity index (χ2n) is 5.78. The van der Waals surface area contributed by atoms with Gasteiger partial charge in [0.2, 0.25) is 0 Å². The molecule has 0 unspecified atom stereocenters. The van der Waals surface area contributed by atoms with Crippen LogP contribution in [-0.2, 0) is 4.79 Å². The Balaban J connectivity index is 1.68. The first-order valence-corrected chi connectivity index (χ1v) is 7.84. The van der Waals surface area contributed by atoms with E-state index >= 15 is 0 Å². The molecule has 0 aliphatic heterocycles. The van der Waals surface area contributed by atoms with Gasteiger partial charge in [-0.15, -0.1) is 0 Å². The van der Waals surface area contributed by atoms with Gasteiger partial charge in [0.05, 0.1) is 0 Å². The van der Waals surface area contributed by atoms with Crippen molar-refractivity contribution >= 4 is 5.78 Å². The minimum absolute atomic E-state index is 0.488. The van der Waals surface area contributed by atoms with E-state index in [1.165, 1.54) is 70.6 Å². The maximum Gasteiger partial charge on any atom is 0.133 e. The summed E-state index contributed by atoms with van der Waals surface area (Å²) in [6.07, 6.45) is 17.2. The van der Waals surface area contributed by atoms with E-state index in [-0.39, 0.29) is 0 Å². The first kappa shape index (κ1) is 14.7. The Kier molecular flexibility index (Phi) is 8.38. The quantitative estimate of drug-likeness (QED) is 0.448. The highest BCUT2D eigenvalue weighted by Crippen LogP contribution is 2.28. The summed E-state index contributed by atoms with van der Waals surface area (Å²) in [6.45, 7) is 2.27. The lowest BCUT2D eigenvalue weighted by molar-refractivity contribution is -0.127. The van der Waals surface area contributed by atoms with Crippen LogP contribution in [-0.4, -0.2) is 5.78 Å². The molecule has 0 aromatic rings. The van der Waals surface area contributed by atoms with Crippen molar-refractivity contribution in [1.82, 2.24) is 0 Å². The summed E-state index contributed by atoms with van der Waals surface area (Å²) in [7, 11) is 0. The normalized spacial score (nSPS) is 16.2. The molecule has 0 aromatic carbocycles. The van der Waals surface area contributed by atoms with Crippen molar-refractivity contribution in [2.75, 3.05) is 0 Å². The fourth-order valence-electron chi connectivity index (χ4n) is 2.71. The van der Waals surface area contributed by atoms with Crippen LogP contribution in [0.2, 0.25) is 0 Å². The van der Waals surface area contributed by atoms with E-state index in [0.29, 0.717) is 5.78 Å². The molecule has 100 valence electrons. The van der Waals surface area contributed by atoms with E-state index in [2.05, 4.69) is 6.92 Å². The second kappa shape index (κ2) is 9.67. The Morgan fingerprint density at radius 1 is 0.824 bits per heavy atom. The highest BCUT2D eigenvalue weighted by molar-refractivity contribution is 5.84. The maximum absolute atomic E-state index is 10.8. The summed E-state index contributed by atoms with van der Waals surface area (Å²) in [6, 6.07) is 0. The largest absolute Gasteiger partial charge is 0.300 e. The van der Waals surface area contributed by atoms with Crippen LogP contribution in [0.3, 0.4) is 0 Å². The zero-order valence-electron chi connectivity index (χ0n) is 11.7. The number of ketones is 1. The average molecular weight is 238 g/mol. The fraction of sp³-hybridized carbons (Fsp3) is 0.938. The molecule has 0 aromatic heterocycles. The lowest BCUT2D eigenvalue weighted by atomic mass is 9.80. The van der Waals surface area contributed by atoms with Crippen molar-refractivity contribution in [2.24, 2.45) is 5.92 Å². The third-order valence-electron chi connectivity index (χ3n) is 4.00. The monoisotopic (exact) mass is 238 g/mol. The number of hydrogen-bond acceptors (Lipinski definition) is 1. The van der Waals surface area contributed by atoms with Gasteiger partial charge in [-0.05, 0) is 12.3 Å². The van der Waals surface area contributed by atoms with E-state index in [1.54, 1.807) is 0 Å². The number of hydrogen-bond donors (Lipinski definition) is 0. The molecule has 1 rings (SSSR count). The smallest absolute Gasteiger partial charge is 0.133 e. The van der Waals surface area contributed by atoms with Gasteiger partial charge in [-0.1, -0.05) is 71.1 Å². The molecule has 0 heterocycles. The van der Waals surface area contributed by atoms with Crippen LogP contribution >= 0.6 is 0 Å². The summed E-state index contributed by atoms with van der Waals surface area (Å²) in [5, 5.41) is 0. The molecule has 0 bridgehead atoms.